The van der Waals surface area contributed by atoms with Gasteiger partial charge in [-0.05, 0) is 57.3 Å². The summed E-state index contributed by atoms with van der Waals surface area (Å²) in [5.41, 5.74) is 7.54. The molecular formula is C36H20N2O. The predicted octanol–water partition coefficient (Wildman–Crippen LogP) is 9.76. The molecule has 3 nitrogen and oxygen atoms in total. The fourth-order valence-corrected chi connectivity index (χ4v) is 6.24. The number of aromatic nitrogens is 2. The molecule has 9 aromatic rings. The summed E-state index contributed by atoms with van der Waals surface area (Å²) >= 11 is 0. The van der Waals surface area contributed by atoms with Gasteiger partial charge in [-0.3, -0.25) is 0 Å². The number of para-hydroxylation sites is 2. The molecule has 0 N–H and O–H groups in total. The average molecular weight is 497 g/mol. The summed E-state index contributed by atoms with van der Waals surface area (Å²) in [4.78, 5) is 10.3. The number of benzene rings is 7. The highest BCUT2D eigenvalue weighted by Crippen LogP contribution is 2.46. The van der Waals surface area contributed by atoms with Gasteiger partial charge < -0.3 is 4.42 Å². The Morgan fingerprint density at radius 1 is 0.436 bits per heavy atom. The molecule has 0 fully saturated rings. The molecule has 180 valence electrons. The van der Waals surface area contributed by atoms with Gasteiger partial charge in [0.2, 0.25) is 0 Å². The van der Waals surface area contributed by atoms with E-state index in [0.717, 1.165) is 50.1 Å². The van der Waals surface area contributed by atoms with Crippen LogP contribution in [0.3, 0.4) is 0 Å². The lowest BCUT2D eigenvalue weighted by Crippen LogP contribution is -1.95. The summed E-state index contributed by atoms with van der Waals surface area (Å²) < 4.78 is 6.52. The fourth-order valence-electron chi connectivity index (χ4n) is 6.24. The van der Waals surface area contributed by atoms with E-state index in [0.29, 0.717) is 0 Å². The second kappa shape index (κ2) is 7.62. The summed E-state index contributed by atoms with van der Waals surface area (Å²) in [5, 5.41) is 9.53. The standard InChI is InChI=1S/C36H20N2O/c1-2-9-21(10-3-1)34-35(38-30-15-7-6-14-29(30)37-34)23-17-18-25-26-13-8-16-31-32(26)33-28(27(25)20-23)19-22-11-4-5-12-24(22)36(33)39-31/h1-20H. The molecule has 0 unspecified atom stereocenters. The van der Waals surface area contributed by atoms with Gasteiger partial charge >= 0.3 is 0 Å². The van der Waals surface area contributed by atoms with Gasteiger partial charge in [0.05, 0.1) is 22.4 Å². The molecule has 2 aromatic heterocycles. The van der Waals surface area contributed by atoms with Crippen LogP contribution in [0.2, 0.25) is 0 Å². The van der Waals surface area contributed by atoms with E-state index >= 15 is 0 Å². The van der Waals surface area contributed by atoms with Crippen molar-refractivity contribution in [3.8, 4) is 22.5 Å². The molecule has 3 heteroatoms. The predicted molar refractivity (Wildman–Crippen MR) is 161 cm³/mol. The maximum atomic E-state index is 6.52. The van der Waals surface area contributed by atoms with E-state index in [1.54, 1.807) is 0 Å². The monoisotopic (exact) mass is 496 g/mol. The van der Waals surface area contributed by atoms with Crippen LogP contribution in [0.15, 0.2) is 126 Å². The van der Waals surface area contributed by atoms with Gasteiger partial charge in [-0.1, -0.05) is 91.0 Å². The maximum Gasteiger partial charge on any atom is 0.143 e. The van der Waals surface area contributed by atoms with Crippen LogP contribution in [-0.4, -0.2) is 9.97 Å². The number of fused-ring (bicyclic) bond motifs is 6. The summed E-state index contributed by atoms with van der Waals surface area (Å²) in [7, 11) is 0. The summed E-state index contributed by atoms with van der Waals surface area (Å²) in [6.45, 7) is 0. The number of hydrogen-bond acceptors (Lipinski definition) is 3. The van der Waals surface area contributed by atoms with E-state index in [9.17, 15) is 0 Å². The van der Waals surface area contributed by atoms with E-state index in [1.807, 2.05) is 30.3 Å². The van der Waals surface area contributed by atoms with Crippen molar-refractivity contribution in [2.75, 3.05) is 0 Å². The Hall–Kier alpha value is -5.28. The highest BCUT2D eigenvalue weighted by atomic mass is 16.3. The molecule has 0 amide bonds. The average Bonchev–Trinajstić information content (AvgIpc) is 3.40. The molecule has 0 atom stereocenters. The Balaban J connectivity index is 1.43. The highest BCUT2D eigenvalue weighted by molar-refractivity contribution is 6.36. The van der Waals surface area contributed by atoms with Crippen LogP contribution in [-0.2, 0) is 0 Å². The van der Waals surface area contributed by atoms with Crippen LogP contribution in [0.4, 0.5) is 0 Å². The van der Waals surface area contributed by atoms with E-state index < -0.39 is 0 Å². The van der Waals surface area contributed by atoms with Crippen molar-refractivity contribution in [3.05, 3.63) is 121 Å². The Kier molecular flexibility index (Phi) is 4.05. The van der Waals surface area contributed by atoms with E-state index in [2.05, 4.69) is 91.0 Å². The number of nitrogens with zero attached hydrogens (tertiary/aromatic N) is 2. The molecule has 2 heterocycles. The first-order valence-electron chi connectivity index (χ1n) is 13.2. The van der Waals surface area contributed by atoms with Gasteiger partial charge in [0, 0.05) is 27.3 Å². The lowest BCUT2D eigenvalue weighted by molar-refractivity contribution is 0.673. The zero-order valence-electron chi connectivity index (χ0n) is 20.8. The van der Waals surface area contributed by atoms with Gasteiger partial charge in [0.15, 0.2) is 0 Å². The van der Waals surface area contributed by atoms with Crippen molar-refractivity contribution < 1.29 is 4.42 Å². The molecule has 0 aliphatic rings. The lowest BCUT2D eigenvalue weighted by atomic mass is 9.90. The smallest absolute Gasteiger partial charge is 0.143 e. The molecule has 9 rings (SSSR count). The minimum absolute atomic E-state index is 0.885. The minimum atomic E-state index is 0.885. The van der Waals surface area contributed by atoms with Crippen LogP contribution in [0.25, 0.3) is 87.8 Å². The molecule has 0 saturated carbocycles. The third kappa shape index (κ3) is 2.87. The van der Waals surface area contributed by atoms with Crippen LogP contribution in [0.5, 0.6) is 0 Å². The van der Waals surface area contributed by atoms with Crippen molar-refractivity contribution in [2.24, 2.45) is 0 Å². The van der Waals surface area contributed by atoms with Crippen LogP contribution < -0.4 is 0 Å². The van der Waals surface area contributed by atoms with Crippen molar-refractivity contribution in [1.29, 1.82) is 0 Å². The number of rotatable bonds is 2. The maximum absolute atomic E-state index is 6.52. The summed E-state index contributed by atoms with van der Waals surface area (Å²) in [6.07, 6.45) is 0. The third-order valence-corrected chi connectivity index (χ3v) is 7.98. The molecule has 0 bridgehead atoms. The molecular weight excluding hydrogens is 476 g/mol. The zero-order chi connectivity index (χ0) is 25.5. The summed E-state index contributed by atoms with van der Waals surface area (Å²) in [5.74, 6) is 0. The van der Waals surface area contributed by atoms with Crippen molar-refractivity contribution >= 4 is 65.3 Å². The zero-order valence-corrected chi connectivity index (χ0v) is 20.8. The van der Waals surface area contributed by atoms with E-state index in [-0.39, 0.29) is 0 Å². The van der Waals surface area contributed by atoms with Gasteiger partial charge in [0.25, 0.3) is 0 Å². The normalized spacial score (nSPS) is 12.1. The Labute approximate surface area is 223 Å². The Bertz CT molecular complexity index is 2390. The van der Waals surface area contributed by atoms with Crippen LogP contribution in [0.1, 0.15) is 0 Å². The van der Waals surface area contributed by atoms with Crippen molar-refractivity contribution in [2.45, 2.75) is 0 Å². The molecule has 39 heavy (non-hydrogen) atoms. The second-order valence-corrected chi connectivity index (χ2v) is 10.2. The first-order chi connectivity index (χ1) is 19.3. The summed E-state index contributed by atoms with van der Waals surface area (Å²) in [6, 6.07) is 42.3. The fraction of sp³-hybridized carbons (Fsp3) is 0. The molecule has 0 aliphatic carbocycles. The first-order valence-corrected chi connectivity index (χ1v) is 13.2. The number of furan rings is 1. The first kappa shape index (κ1) is 20.7. The Morgan fingerprint density at radius 2 is 1.15 bits per heavy atom. The topological polar surface area (TPSA) is 38.9 Å². The van der Waals surface area contributed by atoms with E-state index in [4.69, 9.17) is 14.4 Å². The van der Waals surface area contributed by atoms with Gasteiger partial charge in [-0.25, -0.2) is 9.97 Å². The molecule has 0 radical (unpaired) electrons. The second-order valence-electron chi connectivity index (χ2n) is 10.2. The van der Waals surface area contributed by atoms with Crippen molar-refractivity contribution in [1.82, 2.24) is 9.97 Å². The SMILES string of the molecule is c1ccc(-c2nc3ccccc3nc2-c2ccc3c(c2)c2cc4ccccc4c4oc5cccc3c5c24)cc1. The quantitative estimate of drug-likeness (QED) is 0.177. The Morgan fingerprint density at radius 3 is 2.00 bits per heavy atom. The minimum Gasteiger partial charge on any atom is -0.455 e. The van der Waals surface area contributed by atoms with Gasteiger partial charge in [-0.2, -0.15) is 0 Å². The highest BCUT2D eigenvalue weighted by Gasteiger charge is 2.20. The lowest BCUT2D eigenvalue weighted by Gasteiger charge is -2.13. The van der Waals surface area contributed by atoms with Crippen molar-refractivity contribution in [3.63, 3.8) is 0 Å². The molecule has 7 aromatic carbocycles. The number of hydrogen-bond donors (Lipinski definition) is 0. The molecule has 0 saturated heterocycles. The van der Waals surface area contributed by atoms with E-state index in [1.165, 1.54) is 37.7 Å². The van der Waals surface area contributed by atoms with Crippen LogP contribution in [0, 0.1) is 0 Å². The van der Waals surface area contributed by atoms with Gasteiger partial charge in [-0.15, -0.1) is 0 Å². The molecule has 0 aliphatic heterocycles. The van der Waals surface area contributed by atoms with Crippen LogP contribution >= 0.6 is 0 Å². The van der Waals surface area contributed by atoms with Gasteiger partial charge in [0.1, 0.15) is 11.2 Å². The largest absolute Gasteiger partial charge is 0.455 e. The third-order valence-electron chi connectivity index (χ3n) is 7.98. The molecule has 0 spiro atoms.